The highest BCUT2D eigenvalue weighted by atomic mass is 28.3. The second-order valence-electron chi connectivity index (χ2n) is 1.06. The van der Waals surface area contributed by atoms with E-state index in [0.29, 0.717) is 0 Å². The normalized spacial score (nSPS) is 8.40. The summed E-state index contributed by atoms with van der Waals surface area (Å²) in [7, 11) is -8.40. The third-order valence-corrected chi connectivity index (χ3v) is 4.50. The fourth-order valence-electron chi connectivity index (χ4n) is 0.267. The van der Waals surface area contributed by atoms with E-state index in [4.69, 9.17) is 0 Å². The highest BCUT2D eigenvalue weighted by molar-refractivity contribution is 6.35. The summed E-state index contributed by atoms with van der Waals surface area (Å²) in [4.78, 5) is 0. The van der Waals surface area contributed by atoms with Crippen molar-refractivity contribution in [3.8, 4) is 0 Å². The van der Waals surface area contributed by atoms with Gasteiger partial charge in [-0.15, -0.1) is 0 Å². The second kappa shape index (κ2) is 3.55. The Bertz CT molecular complexity index is 271. The molecule has 1 aromatic rings. The molecule has 0 aliphatic carbocycles. The molecule has 1 rings (SSSR count). The maximum absolute atomic E-state index is 10.2. The standard InChI is InChI=1S/O6Si3.H2O/c1-7-4-8(2)6-9(3)5-7;/h;1H2. The molecule has 56 valence electrons. The van der Waals surface area contributed by atoms with Gasteiger partial charge in [-0.25, -0.2) is 0 Å². The third-order valence-electron chi connectivity index (χ3n) is 0.500. The van der Waals surface area contributed by atoms with Gasteiger partial charge in [-0.05, 0) is 0 Å². The van der Waals surface area contributed by atoms with Crippen LogP contribution >= 0.6 is 0 Å². The van der Waals surface area contributed by atoms with Crippen molar-refractivity contribution in [2.75, 3.05) is 0 Å². The van der Waals surface area contributed by atoms with Crippen LogP contribution in [-0.2, 0) is 13.4 Å². The first-order chi connectivity index (χ1) is 4.18. The summed E-state index contributed by atoms with van der Waals surface area (Å²) in [6, 6.07) is 0. The highest BCUT2D eigenvalue weighted by Gasteiger charge is 2.04. The molecule has 10 heavy (non-hydrogen) atoms. The Hall–Kier alpha value is -0.589. The molecule has 0 amide bonds. The summed E-state index contributed by atoms with van der Waals surface area (Å²) in [5.41, 5.74) is 0. The molecular weight excluding hydrogens is 196 g/mol. The monoisotopic (exact) mass is 198 g/mol. The van der Waals surface area contributed by atoms with Crippen LogP contribution in [0.1, 0.15) is 0 Å². The van der Waals surface area contributed by atoms with E-state index in [2.05, 4.69) is 11.3 Å². The van der Waals surface area contributed by atoms with E-state index in [0.717, 1.165) is 0 Å². The minimum atomic E-state index is -2.80. The van der Waals surface area contributed by atoms with Crippen LogP contribution in [0.2, 0.25) is 0 Å². The Morgan fingerprint density at radius 2 is 0.900 bits per heavy atom. The van der Waals surface area contributed by atoms with Crippen molar-refractivity contribution in [1.29, 1.82) is 0 Å². The van der Waals surface area contributed by atoms with Gasteiger partial charge in [0, 0.05) is 0 Å². The van der Waals surface area contributed by atoms with Crippen molar-refractivity contribution in [1.82, 2.24) is 0 Å². The minimum absolute atomic E-state index is 0. The molecule has 0 radical (unpaired) electrons. The van der Waals surface area contributed by atoms with Gasteiger partial charge >= 0.3 is 26.4 Å². The fraction of sp³-hybridized carbons (Fsp3) is 0. The minimum Gasteiger partial charge on any atom is -0.467 e. The molecule has 2 N–H and O–H groups in total. The third kappa shape index (κ3) is 2.34. The molecule has 1 heterocycles. The van der Waals surface area contributed by atoms with Gasteiger partial charge in [-0.2, -0.15) is 0 Å². The molecule has 0 fully saturated rings. The average molecular weight is 198 g/mol. The van der Waals surface area contributed by atoms with Crippen LogP contribution < -0.4 is 0 Å². The van der Waals surface area contributed by atoms with Gasteiger partial charge in [0.1, 0.15) is 0 Å². The lowest BCUT2D eigenvalue weighted by Crippen LogP contribution is -1.93. The van der Waals surface area contributed by atoms with Crippen LogP contribution in [0, 0.1) is 0 Å². The van der Waals surface area contributed by atoms with Gasteiger partial charge in [0.2, 0.25) is 0 Å². The lowest BCUT2D eigenvalue weighted by atomic mass is 15.7. The van der Waals surface area contributed by atoms with Crippen molar-refractivity contribution in [2.24, 2.45) is 0 Å². The zero-order chi connectivity index (χ0) is 6.85. The van der Waals surface area contributed by atoms with Crippen LogP contribution in [0.15, 0.2) is 11.3 Å². The van der Waals surface area contributed by atoms with Gasteiger partial charge in [0.25, 0.3) is 0 Å². The molecule has 0 bridgehead atoms. The van der Waals surface area contributed by atoms with E-state index in [1.807, 2.05) is 0 Å². The van der Waals surface area contributed by atoms with Crippen molar-refractivity contribution < 1.29 is 30.2 Å². The van der Waals surface area contributed by atoms with E-state index < -0.39 is 26.4 Å². The summed E-state index contributed by atoms with van der Waals surface area (Å²) < 4.78 is 42.7. The maximum atomic E-state index is 10.2. The lowest BCUT2D eigenvalue weighted by Gasteiger charge is -1.72. The van der Waals surface area contributed by atoms with Gasteiger partial charge in [0.05, 0.1) is 0 Å². The Morgan fingerprint density at radius 3 is 1.10 bits per heavy atom. The highest BCUT2D eigenvalue weighted by Crippen LogP contribution is 1.67. The molecule has 10 heteroatoms. The van der Waals surface area contributed by atoms with Crippen LogP contribution in [0.5, 0.6) is 0 Å². The molecule has 0 spiro atoms. The Labute approximate surface area is 57.4 Å². The van der Waals surface area contributed by atoms with Crippen LogP contribution in [0.4, 0.5) is 0 Å². The van der Waals surface area contributed by atoms with Gasteiger partial charge in [0.15, 0.2) is 0 Å². The zero-order valence-corrected chi connectivity index (χ0v) is 7.45. The molecular formula is H2O7Si3. The first kappa shape index (κ1) is 9.41. The van der Waals surface area contributed by atoms with Gasteiger partial charge in [-0.1, -0.05) is 0 Å². The maximum Gasteiger partial charge on any atom is 0.756 e. The number of hydrogen-bond acceptors (Lipinski definition) is 6. The van der Waals surface area contributed by atoms with Crippen LogP contribution in [0.25, 0.3) is 0 Å². The van der Waals surface area contributed by atoms with Crippen LogP contribution in [-0.4, -0.2) is 31.9 Å². The van der Waals surface area contributed by atoms with E-state index in [1.165, 1.54) is 0 Å². The van der Waals surface area contributed by atoms with Gasteiger partial charge < -0.3 is 16.8 Å². The molecule has 0 atom stereocenters. The lowest BCUT2D eigenvalue weighted by molar-refractivity contribution is 0.378. The Kier molecular flexibility index (Phi) is 3.34. The Balaban J connectivity index is 0.000000810. The molecule has 0 aromatic carbocycles. The van der Waals surface area contributed by atoms with Crippen molar-refractivity contribution >= 4 is 26.4 Å². The number of rotatable bonds is 0. The predicted molar refractivity (Wildman–Crippen MR) is 26.2 cm³/mol. The van der Waals surface area contributed by atoms with E-state index in [9.17, 15) is 13.4 Å². The van der Waals surface area contributed by atoms with E-state index in [1.54, 1.807) is 0 Å². The average Bonchev–Trinajstić information content (AvgIpc) is 1.59. The first-order valence-electron chi connectivity index (χ1n) is 1.84. The summed E-state index contributed by atoms with van der Waals surface area (Å²) in [6.07, 6.45) is 0. The predicted octanol–water partition coefficient (Wildman–Crippen LogP) is -1.86. The smallest absolute Gasteiger partial charge is 0.467 e. The topological polar surface area (TPSA) is 122 Å². The van der Waals surface area contributed by atoms with Crippen molar-refractivity contribution in [2.45, 2.75) is 0 Å². The molecule has 0 unspecified atom stereocenters. The molecule has 7 nitrogen and oxygen atoms in total. The Morgan fingerprint density at radius 1 is 0.700 bits per heavy atom. The molecule has 1 aromatic heterocycles. The van der Waals surface area contributed by atoms with Gasteiger partial charge in [-0.3, -0.25) is 13.4 Å². The quantitative estimate of drug-likeness (QED) is 0.450. The van der Waals surface area contributed by atoms with E-state index in [-0.39, 0.29) is 5.48 Å². The summed E-state index contributed by atoms with van der Waals surface area (Å²) in [5, 5.41) is 0. The summed E-state index contributed by atoms with van der Waals surface area (Å²) in [5.74, 6) is 0. The largest absolute Gasteiger partial charge is 0.756 e. The summed E-state index contributed by atoms with van der Waals surface area (Å²) in [6.45, 7) is 0. The van der Waals surface area contributed by atoms with Crippen molar-refractivity contribution in [3.63, 3.8) is 0 Å². The zero-order valence-electron chi connectivity index (χ0n) is 4.45. The summed E-state index contributed by atoms with van der Waals surface area (Å²) >= 11 is 0. The molecule has 0 aliphatic rings. The van der Waals surface area contributed by atoms with Crippen molar-refractivity contribution in [3.05, 3.63) is 0 Å². The van der Waals surface area contributed by atoms with E-state index >= 15 is 0 Å². The van der Waals surface area contributed by atoms with Crippen LogP contribution in [0.3, 0.4) is 0 Å². The second-order valence-corrected chi connectivity index (χ2v) is 5.01. The molecule has 0 saturated carbocycles. The fourth-order valence-corrected chi connectivity index (χ4v) is 3.52. The first-order valence-corrected chi connectivity index (χ1v) is 5.51. The SMILES string of the molecule is O.O=[si]1o[si](=O)o[si](=O)o1. The molecule has 0 saturated heterocycles. The molecule has 0 aliphatic heterocycles. The number of hydrogen-bond donors (Lipinski definition) is 0.